The van der Waals surface area contributed by atoms with Crippen LogP contribution in [0.1, 0.15) is 55.7 Å². The summed E-state index contributed by atoms with van der Waals surface area (Å²) in [4.78, 5) is 13.3. The Balaban J connectivity index is 2.07. The van der Waals surface area contributed by atoms with Crippen LogP contribution in [0.5, 0.6) is 0 Å². The van der Waals surface area contributed by atoms with E-state index < -0.39 is 0 Å². The lowest BCUT2D eigenvalue weighted by molar-refractivity contribution is -0.676. The zero-order valence-electron chi connectivity index (χ0n) is 15.1. The molecule has 0 spiro atoms. The maximum Gasteiger partial charge on any atom is 0.275 e. The molecule has 0 unspecified atom stereocenters. The van der Waals surface area contributed by atoms with Crippen LogP contribution in [0.25, 0.3) is 0 Å². The lowest BCUT2D eigenvalue weighted by Crippen LogP contribution is -2.87. The number of hydrogen-bond donors (Lipinski definition) is 2. The van der Waals surface area contributed by atoms with Crippen molar-refractivity contribution in [2.75, 3.05) is 13.1 Å². The molecule has 0 aliphatic rings. The fraction of sp³-hybridized carbons (Fsp3) is 0.450. The average molecular weight is 346 g/mol. The molecule has 3 nitrogen and oxygen atoms in total. The van der Waals surface area contributed by atoms with E-state index in [1.165, 1.54) is 16.0 Å². The maximum absolute atomic E-state index is 12.1. The van der Waals surface area contributed by atoms with Crippen molar-refractivity contribution in [3.8, 4) is 0 Å². The van der Waals surface area contributed by atoms with Gasteiger partial charge in [0.25, 0.3) is 5.91 Å². The molecule has 130 valence electrons. The number of carbonyl (C=O) groups is 1. The van der Waals surface area contributed by atoms with Gasteiger partial charge in [0.15, 0.2) is 6.54 Å². The van der Waals surface area contributed by atoms with Crippen LogP contribution in [-0.2, 0) is 4.79 Å². The molecule has 2 aromatic rings. The summed E-state index contributed by atoms with van der Waals surface area (Å²) in [6.45, 7) is 9.80. The fourth-order valence-electron chi connectivity index (χ4n) is 2.59. The van der Waals surface area contributed by atoms with Gasteiger partial charge < -0.3 is 10.6 Å². The third-order valence-corrected chi connectivity index (χ3v) is 5.01. The van der Waals surface area contributed by atoms with Gasteiger partial charge in [-0.2, -0.15) is 0 Å². The Morgan fingerprint density at radius 1 is 1.08 bits per heavy atom. The Morgan fingerprint density at radius 3 is 2.29 bits per heavy atom. The van der Waals surface area contributed by atoms with Gasteiger partial charge in [-0.15, -0.1) is 11.3 Å². The first kappa shape index (κ1) is 18.7. The van der Waals surface area contributed by atoms with Gasteiger partial charge in [-0.05, 0) is 28.8 Å². The molecule has 0 fully saturated rings. The van der Waals surface area contributed by atoms with Crippen molar-refractivity contribution in [2.45, 2.75) is 39.7 Å². The van der Waals surface area contributed by atoms with Crippen LogP contribution >= 0.6 is 11.3 Å². The molecule has 0 bridgehead atoms. The summed E-state index contributed by atoms with van der Waals surface area (Å²) in [5.74, 6) is 1.11. The van der Waals surface area contributed by atoms with Crippen molar-refractivity contribution in [3.63, 3.8) is 0 Å². The number of benzene rings is 1. The Hall–Kier alpha value is -1.65. The quantitative estimate of drug-likeness (QED) is 0.758. The van der Waals surface area contributed by atoms with E-state index in [2.05, 4.69) is 80.1 Å². The molecule has 1 heterocycles. The standard InChI is InChI=1S/C20H28N2OS/c1-14(2)12-21-19(23)13-22-20(18-6-5-11-24-18)17-9-7-16(8-10-17)15(3)4/h5-11,14-15,20,22H,12-13H2,1-4H3,(H,21,23)/p+1/t20-/m0/s1. The molecule has 1 amide bonds. The van der Waals surface area contributed by atoms with Crippen molar-refractivity contribution in [2.24, 2.45) is 5.92 Å². The SMILES string of the molecule is CC(C)CNC(=O)C[NH2+][C@@H](c1ccc(C(C)C)cc1)c1cccs1. The molecule has 3 N–H and O–H groups in total. The van der Waals surface area contributed by atoms with E-state index in [0.29, 0.717) is 18.4 Å². The van der Waals surface area contributed by atoms with Crippen LogP contribution in [0.3, 0.4) is 0 Å². The molecule has 0 radical (unpaired) electrons. The summed E-state index contributed by atoms with van der Waals surface area (Å²) in [5, 5.41) is 7.22. The molecule has 1 aromatic carbocycles. The minimum atomic E-state index is 0.101. The number of thiophene rings is 1. The number of hydrogen-bond acceptors (Lipinski definition) is 2. The van der Waals surface area contributed by atoms with Crippen molar-refractivity contribution in [1.82, 2.24) is 5.32 Å². The maximum atomic E-state index is 12.1. The largest absolute Gasteiger partial charge is 0.351 e. The molecule has 2 rings (SSSR count). The van der Waals surface area contributed by atoms with Gasteiger partial charge in [0, 0.05) is 12.1 Å². The topological polar surface area (TPSA) is 45.7 Å². The Kier molecular flexibility index (Phi) is 7.00. The van der Waals surface area contributed by atoms with Crippen molar-refractivity contribution >= 4 is 17.2 Å². The van der Waals surface area contributed by atoms with E-state index in [1.807, 2.05) is 0 Å². The van der Waals surface area contributed by atoms with Crippen LogP contribution in [0.2, 0.25) is 0 Å². The number of amides is 1. The number of carbonyl (C=O) groups excluding carboxylic acids is 1. The predicted molar refractivity (Wildman–Crippen MR) is 101 cm³/mol. The summed E-state index contributed by atoms with van der Waals surface area (Å²) in [7, 11) is 0. The number of quaternary nitrogens is 1. The summed E-state index contributed by atoms with van der Waals surface area (Å²) >= 11 is 1.74. The average Bonchev–Trinajstić information content (AvgIpc) is 3.08. The molecular weight excluding hydrogens is 316 g/mol. The second-order valence-corrected chi connectivity index (χ2v) is 7.93. The molecular formula is C20H29N2OS+. The van der Waals surface area contributed by atoms with Crippen LogP contribution in [-0.4, -0.2) is 19.0 Å². The minimum Gasteiger partial charge on any atom is -0.351 e. The summed E-state index contributed by atoms with van der Waals surface area (Å²) in [5.41, 5.74) is 2.59. The zero-order valence-corrected chi connectivity index (χ0v) is 15.9. The molecule has 24 heavy (non-hydrogen) atoms. The molecule has 0 aliphatic heterocycles. The lowest BCUT2D eigenvalue weighted by atomic mass is 9.98. The van der Waals surface area contributed by atoms with Gasteiger partial charge in [-0.3, -0.25) is 4.79 Å². The van der Waals surface area contributed by atoms with Crippen LogP contribution in [0, 0.1) is 5.92 Å². The number of rotatable bonds is 8. The Morgan fingerprint density at radius 2 is 1.75 bits per heavy atom. The summed E-state index contributed by atoms with van der Waals surface area (Å²) in [6.07, 6.45) is 0. The van der Waals surface area contributed by atoms with Gasteiger partial charge in [0.2, 0.25) is 0 Å². The van der Waals surface area contributed by atoms with E-state index >= 15 is 0 Å². The number of nitrogens with two attached hydrogens (primary N) is 1. The zero-order chi connectivity index (χ0) is 17.5. The second kappa shape index (κ2) is 9.00. The van der Waals surface area contributed by atoms with E-state index in [9.17, 15) is 4.79 Å². The number of nitrogens with one attached hydrogen (secondary N) is 1. The van der Waals surface area contributed by atoms with Crippen LogP contribution in [0.4, 0.5) is 0 Å². The van der Waals surface area contributed by atoms with Gasteiger partial charge in [0.1, 0.15) is 6.04 Å². The third-order valence-electron chi connectivity index (χ3n) is 4.06. The van der Waals surface area contributed by atoms with Crippen molar-refractivity contribution < 1.29 is 10.1 Å². The monoisotopic (exact) mass is 345 g/mol. The fourth-order valence-corrected chi connectivity index (χ4v) is 3.44. The normalized spacial score (nSPS) is 12.6. The summed E-state index contributed by atoms with van der Waals surface area (Å²) in [6, 6.07) is 13.2. The highest BCUT2D eigenvalue weighted by Crippen LogP contribution is 2.24. The van der Waals surface area contributed by atoms with Gasteiger partial charge >= 0.3 is 0 Å². The smallest absolute Gasteiger partial charge is 0.275 e. The molecule has 0 saturated heterocycles. The third kappa shape index (κ3) is 5.46. The minimum absolute atomic E-state index is 0.101. The molecule has 1 aromatic heterocycles. The first-order valence-corrected chi connectivity index (χ1v) is 9.58. The molecule has 4 heteroatoms. The highest BCUT2D eigenvalue weighted by molar-refractivity contribution is 7.10. The van der Waals surface area contributed by atoms with Crippen LogP contribution < -0.4 is 10.6 Å². The Bertz CT molecular complexity index is 618. The molecule has 0 saturated carbocycles. The van der Waals surface area contributed by atoms with Gasteiger partial charge in [-0.1, -0.05) is 58.0 Å². The van der Waals surface area contributed by atoms with Crippen LogP contribution in [0.15, 0.2) is 41.8 Å². The van der Waals surface area contributed by atoms with Crippen molar-refractivity contribution in [3.05, 3.63) is 57.8 Å². The highest BCUT2D eigenvalue weighted by atomic mass is 32.1. The predicted octanol–water partition coefficient (Wildman–Crippen LogP) is 3.30. The highest BCUT2D eigenvalue weighted by Gasteiger charge is 2.20. The lowest BCUT2D eigenvalue weighted by Gasteiger charge is -2.16. The van der Waals surface area contributed by atoms with Gasteiger partial charge in [-0.25, -0.2) is 0 Å². The van der Waals surface area contributed by atoms with Gasteiger partial charge in [0.05, 0.1) is 4.88 Å². The molecule has 1 atom stereocenters. The van der Waals surface area contributed by atoms with E-state index in [1.54, 1.807) is 11.3 Å². The second-order valence-electron chi connectivity index (χ2n) is 6.95. The van der Waals surface area contributed by atoms with E-state index in [-0.39, 0.29) is 11.9 Å². The summed E-state index contributed by atoms with van der Waals surface area (Å²) < 4.78 is 0. The first-order valence-electron chi connectivity index (χ1n) is 8.70. The van der Waals surface area contributed by atoms with Crippen molar-refractivity contribution in [1.29, 1.82) is 0 Å². The molecule has 0 aliphatic carbocycles. The first-order chi connectivity index (χ1) is 11.5. The van der Waals surface area contributed by atoms with E-state index in [4.69, 9.17) is 0 Å². The van der Waals surface area contributed by atoms with E-state index in [0.717, 1.165) is 6.54 Å². The Labute approximate surface area is 149 Å².